The molecule has 0 heterocycles. The zero-order chi connectivity index (χ0) is 13.0. The lowest BCUT2D eigenvalue weighted by Gasteiger charge is -2.14. The molecule has 0 amide bonds. The van der Waals surface area contributed by atoms with Crippen molar-refractivity contribution >= 4 is 5.84 Å². The normalized spacial score (nSPS) is 17.1. The lowest BCUT2D eigenvalue weighted by Crippen LogP contribution is -2.16. The zero-order valence-electron chi connectivity index (χ0n) is 10.7. The summed E-state index contributed by atoms with van der Waals surface area (Å²) >= 11 is 0. The van der Waals surface area contributed by atoms with Crippen molar-refractivity contribution in [2.75, 3.05) is 6.61 Å². The van der Waals surface area contributed by atoms with E-state index in [1.165, 1.54) is 25.7 Å². The number of nitrogens with zero attached hydrogens (tertiary/aromatic N) is 1. The molecular weight excluding hydrogens is 228 g/mol. The van der Waals surface area contributed by atoms with Crippen LogP contribution in [-0.2, 0) is 0 Å². The summed E-state index contributed by atoms with van der Waals surface area (Å²) in [5.41, 5.74) is 7.41. The highest BCUT2D eigenvalue weighted by atomic mass is 16.5. The SMILES string of the molecule is Cc1ccc(C(N)=NO)c(OCC2CCCC2)c1. The number of amidine groups is 1. The lowest BCUT2D eigenvalue weighted by molar-refractivity contribution is 0.251. The highest BCUT2D eigenvalue weighted by Crippen LogP contribution is 2.27. The molecule has 4 nitrogen and oxygen atoms in total. The molecule has 0 aliphatic heterocycles. The third-order valence-corrected chi connectivity index (χ3v) is 3.47. The Labute approximate surface area is 107 Å². The maximum atomic E-state index is 8.77. The van der Waals surface area contributed by atoms with Crippen LogP contribution in [0, 0.1) is 12.8 Å². The van der Waals surface area contributed by atoms with Crippen LogP contribution in [0.15, 0.2) is 23.4 Å². The van der Waals surface area contributed by atoms with Crippen molar-refractivity contribution < 1.29 is 9.94 Å². The van der Waals surface area contributed by atoms with Crippen LogP contribution in [0.5, 0.6) is 5.75 Å². The summed E-state index contributed by atoms with van der Waals surface area (Å²) in [4.78, 5) is 0. The third-order valence-electron chi connectivity index (χ3n) is 3.47. The summed E-state index contributed by atoms with van der Waals surface area (Å²) in [6.45, 7) is 2.72. The molecule has 1 saturated carbocycles. The zero-order valence-corrected chi connectivity index (χ0v) is 10.7. The molecule has 0 saturated heterocycles. The first-order valence-electron chi connectivity index (χ1n) is 6.42. The molecule has 2 rings (SSSR count). The van der Waals surface area contributed by atoms with Gasteiger partial charge in [-0.1, -0.05) is 24.1 Å². The topological polar surface area (TPSA) is 67.8 Å². The second-order valence-corrected chi connectivity index (χ2v) is 4.95. The fourth-order valence-corrected chi connectivity index (χ4v) is 2.40. The Kier molecular flexibility index (Phi) is 4.07. The first-order chi connectivity index (χ1) is 8.70. The second-order valence-electron chi connectivity index (χ2n) is 4.95. The smallest absolute Gasteiger partial charge is 0.173 e. The van der Waals surface area contributed by atoms with Gasteiger partial charge in [0, 0.05) is 0 Å². The lowest BCUT2D eigenvalue weighted by atomic mass is 10.1. The van der Waals surface area contributed by atoms with Crippen LogP contribution in [0.4, 0.5) is 0 Å². The van der Waals surface area contributed by atoms with E-state index in [2.05, 4.69) is 5.16 Å². The third kappa shape index (κ3) is 2.94. The molecule has 98 valence electrons. The summed E-state index contributed by atoms with van der Waals surface area (Å²) in [5, 5.41) is 11.8. The molecule has 0 unspecified atom stereocenters. The van der Waals surface area contributed by atoms with Gasteiger partial charge in [-0.25, -0.2) is 0 Å². The fourth-order valence-electron chi connectivity index (χ4n) is 2.40. The number of oxime groups is 1. The molecular formula is C14H20N2O2. The van der Waals surface area contributed by atoms with Crippen LogP contribution in [0.25, 0.3) is 0 Å². The Hall–Kier alpha value is -1.71. The summed E-state index contributed by atoms with van der Waals surface area (Å²) < 4.78 is 5.85. The van der Waals surface area contributed by atoms with Crippen LogP contribution in [0.2, 0.25) is 0 Å². The molecule has 1 aliphatic rings. The number of ether oxygens (including phenoxy) is 1. The van der Waals surface area contributed by atoms with Crippen molar-refractivity contribution in [2.45, 2.75) is 32.6 Å². The van der Waals surface area contributed by atoms with Gasteiger partial charge in [0.25, 0.3) is 0 Å². The molecule has 0 spiro atoms. The van der Waals surface area contributed by atoms with E-state index in [0.717, 1.165) is 12.2 Å². The van der Waals surface area contributed by atoms with Crippen LogP contribution >= 0.6 is 0 Å². The minimum atomic E-state index is 0.0939. The Morgan fingerprint density at radius 1 is 1.44 bits per heavy atom. The van der Waals surface area contributed by atoms with Crippen LogP contribution in [0.1, 0.15) is 36.8 Å². The summed E-state index contributed by atoms with van der Waals surface area (Å²) in [5.74, 6) is 1.44. The highest BCUT2D eigenvalue weighted by molar-refractivity contribution is 5.99. The molecule has 18 heavy (non-hydrogen) atoms. The van der Waals surface area contributed by atoms with Gasteiger partial charge < -0.3 is 15.7 Å². The molecule has 1 aliphatic carbocycles. The van der Waals surface area contributed by atoms with Gasteiger partial charge in [0.1, 0.15) is 5.75 Å². The fraction of sp³-hybridized carbons (Fsp3) is 0.500. The number of nitrogens with two attached hydrogens (primary N) is 1. The van der Waals surface area contributed by atoms with Crippen molar-refractivity contribution in [1.29, 1.82) is 0 Å². The van der Waals surface area contributed by atoms with E-state index in [1.807, 2.05) is 25.1 Å². The molecule has 0 aromatic heterocycles. The minimum Gasteiger partial charge on any atom is -0.493 e. The molecule has 1 aromatic carbocycles. The van der Waals surface area contributed by atoms with E-state index < -0.39 is 0 Å². The first kappa shape index (κ1) is 12.7. The van der Waals surface area contributed by atoms with E-state index in [1.54, 1.807) is 0 Å². The molecule has 3 N–H and O–H groups in total. The molecule has 0 bridgehead atoms. The quantitative estimate of drug-likeness (QED) is 0.372. The predicted octanol–water partition coefficient (Wildman–Crippen LogP) is 2.66. The van der Waals surface area contributed by atoms with Crippen molar-refractivity contribution in [3.63, 3.8) is 0 Å². The van der Waals surface area contributed by atoms with Gasteiger partial charge in [-0.05, 0) is 43.4 Å². The predicted molar refractivity (Wildman–Crippen MR) is 71.1 cm³/mol. The Bertz CT molecular complexity index is 437. The molecule has 1 aromatic rings. The van der Waals surface area contributed by atoms with Crippen LogP contribution < -0.4 is 10.5 Å². The van der Waals surface area contributed by atoms with E-state index >= 15 is 0 Å². The van der Waals surface area contributed by atoms with Gasteiger partial charge in [-0.3, -0.25) is 0 Å². The van der Waals surface area contributed by atoms with Crippen molar-refractivity contribution in [3.8, 4) is 5.75 Å². The molecule has 0 radical (unpaired) electrons. The first-order valence-corrected chi connectivity index (χ1v) is 6.42. The van der Waals surface area contributed by atoms with Gasteiger partial charge in [0.2, 0.25) is 0 Å². The maximum Gasteiger partial charge on any atom is 0.173 e. The van der Waals surface area contributed by atoms with E-state index in [4.69, 9.17) is 15.7 Å². The van der Waals surface area contributed by atoms with E-state index in [-0.39, 0.29) is 5.84 Å². The van der Waals surface area contributed by atoms with Gasteiger partial charge in [0.05, 0.1) is 12.2 Å². The number of benzene rings is 1. The average Bonchev–Trinajstić information content (AvgIpc) is 2.88. The van der Waals surface area contributed by atoms with Gasteiger partial charge in [-0.2, -0.15) is 0 Å². The number of hydrogen-bond acceptors (Lipinski definition) is 3. The highest BCUT2D eigenvalue weighted by Gasteiger charge is 2.17. The largest absolute Gasteiger partial charge is 0.493 e. The van der Waals surface area contributed by atoms with E-state index in [9.17, 15) is 0 Å². The standard InChI is InChI=1S/C14H20N2O2/c1-10-6-7-12(14(15)16-17)13(8-10)18-9-11-4-2-3-5-11/h6-8,11,17H,2-5,9H2,1H3,(H2,15,16). The Morgan fingerprint density at radius 3 is 2.83 bits per heavy atom. The number of hydrogen-bond donors (Lipinski definition) is 2. The molecule has 1 fully saturated rings. The Morgan fingerprint density at radius 2 is 2.17 bits per heavy atom. The van der Waals surface area contributed by atoms with Crippen molar-refractivity contribution in [2.24, 2.45) is 16.8 Å². The van der Waals surface area contributed by atoms with E-state index in [0.29, 0.717) is 17.2 Å². The van der Waals surface area contributed by atoms with Gasteiger partial charge in [0.15, 0.2) is 5.84 Å². The van der Waals surface area contributed by atoms with Crippen LogP contribution in [0.3, 0.4) is 0 Å². The maximum absolute atomic E-state index is 8.77. The second kappa shape index (κ2) is 5.76. The summed E-state index contributed by atoms with van der Waals surface area (Å²) in [7, 11) is 0. The number of aryl methyl sites for hydroxylation is 1. The summed E-state index contributed by atoms with van der Waals surface area (Å²) in [6, 6.07) is 5.69. The molecule has 4 heteroatoms. The van der Waals surface area contributed by atoms with Crippen LogP contribution in [-0.4, -0.2) is 17.6 Å². The minimum absolute atomic E-state index is 0.0939. The molecule has 0 atom stereocenters. The number of rotatable bonds is 4. The average molecular weight is 248 g/mol. The van der Waals surface area contributed by atoms with Crippen molar-refractivity contribution in [1.82, 2.24) is 0 Å². The Balaban J connectivity index is 2.11. The van der Waals surface area contributed by atoms with Crippen molar-refractivity contribution in [3.05, 3.63) is 29.3 Å². The summed E-state index contributed by atoms with van der Waals surface area (Å²) in [6.07, 6.45) is 5.08. The van der Waals surface area contributed by atoms with Gasteiger partial charge in [-0.15, -0.1) is 0 Å². The van der Waals surface area contributed by atoms with Gasteiger partial charge >= 0.3 is 0 Å². The monoisotopic (exact) mass is 248 g/mol.